The van der Waals surface area contributed by atoms with Crippen LogP contribution in [0.5, 0.6) is 0 Å². The summed E-state index contributed by atoms with van der Waals surface area (Å²) in [5.41, 5.74) is 1.47. The van der Waals surface area contributed by atoms with Gasteiger partial charge in [-0.3, -0.25) is 0 Å². The molecule has 5 nitrogen and oxygen atoms in total. The first-order valence-electron chi connectivity index (χ1n) is 6.78. The van der Waals surface area contributed by atoms with Gasteiger partial charge in [0.2, 0.25) is 10.0 Å². The van der Waals surface area contributed by atoms with Crippen LogP contribution in [0.2, 0.25) is 0 Å². The third kappa shape index (κ3) is 2.19. The number of hydrogen-bond donors (Lipinski definition) is 1. The zero-order chi connectivity index (χ0) is 15.2. The standard InChI is InChI=1S/C15H18N2O3S/c1-16-9-5-6-11(16)10-13-15(18)12-7-3-4-8-14(12)21(19,20)17(13)2/h3-9,13,15,18H,10H2,1-2H3/t13-,15+/m1/s1. The Morgan fingerprint density at radius 3 is 2.52 bits per heavy atom. The van der Waals surface area contributed by atoms with E-state index in [1.165, 1.54) is 11.4 Å². The first-order chi connectivity index (χ1) is 9.93. The van der Waals surface area contributed by atoms with Crippen molar-refractivity contribution in [2.75, 3.05) is 7.05 Å². The summed E-state index contributed by atoms with van der Waals surface area (Å²) >= 11 is 0. The van der Waals surface area contributed by atoms with E-state index in [9.17, 15) is 13.5 Å². The Kier molecular flexibility index (Phi) is 3.39. The van der Waals surface area contributed by atoms with E-state index in [1.54, 1.807) is 24.3 Å². The van der Waals surface area contributed by atoms with Crippen LogP contribution < -0.4 is 0 Å². The van der Waals surface area contributed by atoms with Crippen molar-refractivity contribution in [3.8, 4) is 0 Å². The molecule has 2 atom stereocenters. The van der Waals surface area contributed by atoms with Crippen molar-refractivity contribution in [3.05, 3.63) is 53.9 Å². The smallest absolute Gasteiger partial charge is 0.243 e. The molecule has 1 aromatic heterocycles. The number of aliphatic hydroxyl groups excluding tert-OH is 1. The van der Waals surface area contributed by atoms with E-state index in [2.05, 4.69) is 0 Å². The van der Waals surface area contributed by atoms with Crippen molar-refractivity contribution in [2.45, 2.75) is 23.5 Å². The van der Waals surface area contributed by atoms with Crippen LogP contribution in [0, 0.1) is 0 Å². The molecule has 0 amide bonds. The number of aryl methyl sites for hydroxylation is 1. The Morgan fingerprint density at radius 1 is 1.14 bits per heavy atom. The predicted molar refractivity (Wildman–Crippen MR) is 79.3 cm³/mol. The lowest BCUT2D eigenvalue weighted by molar-refractivity contribution is 0.0883. The molecule has 2 aromatic rings. The fourth-order valence-electron chi connectivity index (χ4n) is 2.86. The normalized spacial score (nSPS) is 24.7. The molecule has 0 fully saturated rings. The van der Waals surface area contributed by atoms with Gasteiger partial charge in [0.25, 0.3) is 0 Å². The number of nitrogens with zero attached hydrogens (tertiary/aromatic N) is 2. The van der Waals surface area contributed by atoms with Crippen LogP contribution in [0.4, 0.5) is 0 Å². The van der Waals surface area contributed by atoms with Crippen molar-refractivity contribution in [2.24, 2.45) is 7.05 Å². The summed E-state index contributed by atoms with van der Waals surface area (Å²) in [5.74, 6) is 0. The van der Waals surface area contributed by atoms with E-state index in [4.69, 9.17) is 0 Å². The van der Waals surface area contributed by atoms with Gasteiger partial charge >= 0.3 is 0 Å². The van der Waals surface area contributed by atoms with Crippen LogP contribution in [0.15, 0.2) is 47.5 Å². The lowest BCUT2D eigenvalue weighted by Gasteiger charge is -2.37. The highest BCUT2D eigenvalue weighted by Gasteiger charge is 2.41. The molecule has 0 aliphatic carbocycles. The van der Waals surface area contributed by atoms with Crippen LogP contribution in [0.25, 0.3) is 0 Å². The van der Waals surface area contributed by atoms with Crippen molar-refractivity contribution in [3.63, 3.8) is 0 Å². The van der Waals surface area contributed by atoms with Gasteiger partial charge in [-0.1, -0.05) is 18.2 Å². The average Bonchev–Trinajstić information content (AvgIpc) is 2.87. The van der Waals surface area contributed by atoms with Gasteiger partial charge in [-0.15, -0.1) is 0 Å². The van der Waals surface area contributed by atoms with Crippen LogP contribution in [0.1, 0.15) is 17.4 Å². The Balaban J connectivity index is 2.06. The maximum absolute atomic E-state index is 12.6. The first-order valence-corrected chi connectivity index (χ1v) is 8.22. The van der Waals surface area contributed by atoms with Gasteiger partial charge in [-0.25, -0.2) is 8.42 Å². The molecule has 3 rings (SSSR count). The molecule has 0 saturated carbocycles. The molecule has 1 aliphatic heterocycles. The van der Waals surface area contributed by atoms with Crippen LogP contribution >= 0.6 is 0 Å². The topological polar surface area (TPSA) is 62.5 Å². The maximum atomic E-state index is 12.6. The van der Waals surface area contributed by atoms with E-state index in [-0.39, 0.29) is 4.90 Å². The number of aliphatic hydroxyl groups is 1. The molecule has 1 N–H and O–H groups in total. The minimum Gasteiger partial charge on any atom is -0.387 e. The zero-order valence-electron chi connectivity index (χ0n) is 12.0. The van der Waals surface area contributed by atoms with Crippen molar-refractivity contribution in [1.29, 1.82) is 0 Å². The molecule has 1 aliphatic rings. The molecular formula is C15H18N2O3S. The highest BCUT2D eigenvalue weighted by atomic mass is 32.2. The minimum absolute atomic E-state index is 0.197. The van der Waals surface area contributed by atoms with Gasteiger partial charge in [-0.2, -0.15) is 4.31 Å². The zero-order valence-corrected chi connectivity index (χ0v) is 12.8. The van der Waals surface area contributed by atoms with Gasteiger partial charge < -0.3 is 9.67 Å². The summed E-state index contributed by atoms with van der Waals surface area (Å²) in [5, 5.41) is 10.6. The second-order valence-corrected chi connectivity index (χ2v) is 7.35. The van der Waals surface area contributed by atoms with Gasteiger partial charge in [-0.05, 0) is 18.2 Å². The molecule has 0 bridgehead atoms. The van der Waals surface area contributed by atoms with Crippen LogP contribution in [-0.2, 0) is 23.5 Å². The lowest BCUT2D eigenvalue weighted by atomic mass is 9.98. The summed E-state index contributed by atoms with van der Waals surface area (Å²) in [7, 11) is -0.115. The fourth-order valence-corrected chi connectivity index (χ4v) is 4.46. The van der Waals surface area contributed by atoms with Crippen molar-refractivity contribution >= 4 is 10.0 Å². The maximum Gasteiger partial charge on any atom is 0.243 e. The number of fused-ring (bicyclic) bond motifs is 1. The van der Waals surface area contributed by atoms with Crippen LogP contribution in [0.3, 0.4) is 0 Å². The van der Waals surface area contributed by atoms with Crippen molar-refractivity contribution in [1.82, 2.24) is 8.87 Å². The van der Waals surface area contributed by atoms with Crippen LogP contribution in [-0.4, -0.2) is 35.5 Å². The number of aromatic nitrogens is 1. The molecule has 0 radical (unpaired) electrons. The summed E-state index contributed by atoms with van der Waals surface area (Å²) in [6.07, 6.45) is 1.55. The Hall–Kier alpha value is -1.63. The number of rotatable bonds is 2. The highest BCUT2D eigenvalue weighted by Crippen LogP contribution is 2.36. The quantitative estimate of drug-likeness (QED) is 0.910. The lowest BCUT2D eigenvalue weighted by Crippen LogP contribution is -2.46. The SMILES string of the molecule is CN1[C@H](Cc2cccn2C)[C@@H](O)c2ccccc2S1(=O)=O. The van der Waals surface area contributed by atoms with E-state index < -0.39 is 22.2 Å². The third-order valence-electron chi connectivity index (χ3n) is 4.20. The van der Waals surface area contributed by atoms with Gasteiger partial charge in [0.15, 0.2) is 0 Å². The van der Waals surface area contributed by atoms with Gasteiger partial charge in [0.1, 0.15) is 0 Å². The molecule has 6 heteroatoms. The Labute approximate surface area is 124 Å². The highest BCUT2D eigenvalue weighted by molar-refractivity contribution is 7.89. The molecule has 0 spiro atoms. The minimum atomic E-state index is -3.55. The number of benzene rings is 1. The summed E-state index contributed by atoms with van der Waals surface area (Å²) in [6.45, 7) is 0. The fraction of sp³-hybridized carbons (Fsp3) is 0.333. The van der Waals surface area contributed by atoms with Gasteiger partial charge in [0, 0.05) is 38.0 Å². The van der Waals surface area contributed by atoms with Crippen molar-refractivity contribution < 1.29 is 13.5 Å². The largest absolute Gasteiger partial charge is 0.387 e. The predicted octanol–water partition coefficient (Wildman–Crippen LogP) is 1.30. The number of likely N-dealkylation sites (N-methyl/N-ethyl adjacent to an activating group) is 1. The molecular weight excluding hydrogens is 288 g/mol. The summed E-state index contributed by atoms with van der Waals surface area (Å²) in [6, 6.07) is 10.0. The summed E-state index contributed by atoms with van der Waals surface area (Å²) < 4.78 is 28.4. The molecule has 2 heterocycles. The Morgan fingerprint density at radius 2 is 1.86 bits per heavy atom. The molecule has 0 saturated heterocycles. The summed E-state index contributed by atoms with van der Waals surface area (Å²) in [4.78, 5) is 0.197. The molecule has 0 unspecified atom stereocenters. The number of hydrogen-bond acceptors (Lipinski definition) is 3. The average molecular weight is 306 g/mol. The second-order valence-electron chi connectivity index (χ2n) is 5.39. The molecule has 21 heavy (non-hydrogen) atoms. The van der Waals surface area contributed by atoms with E-state index in [0.29, 0.717) is 12.0 Å². The molecule has 112 valence electrons. The first kappa shape index (κ1) is 14.3. The second kappa shape index (κ2) is 4.98. The third-order valence-corrected chi connectivity index (χ3v) is 6.15. The van der Waals surface area contributed by atoms with Gasteiger partial charge in [0.05, 0.1) is 17.0 Å². The van der Waals surface area contributed by atoms with E-state index in [1.807, 2.05) is 29.9 Å². The molecule has 1 aromatic carbocycles. The monoisotopic (exact) mass is 306 g/mol. The number of sulfonamides is 1. The van der Waals surface area contributed by atoms with E-state index >= 15 is 0 Å². The Bertz CT molecular complexity index is 767. The van der Waals surface area contributed by atoms with E-state index in [0.717, 1.165) is 5.69 Å².